The van der Waals surface area contributed by atoms with Crippen LogP contribution in [0.25, 0.3) is 0 Å². The minimum atomic E-state index is 0.612. The first kappa shape index (κ1) is 14.5. The van der Waals surface area contributed by atoms with Crippen LogP contribution < -0.4 is 5.32 Å². The van der Waals surface area contributed by atoms with E-state index in [0.717, 1.165) is 6.54 Å². The topological polar surface area (TPSA) is 28.2 Å². The van der Waals surface area contributed by atoms with Crippen molar-refractivity contribution in [2.75, 3.05) is 7.05 Å². The molecule has 19 heavy (non-hydrogen) atoms. The van der Waals surface area contributed by atoms with Gasteiger partial charge in [0.15, 0.2) is 0 Å². The first-order valence-electron chi connectivity index (χ1n) is 7.52. The average Bonchev–Trinajstić information content (AvgIpc) is 2.45. The molecule has 0 bridgehead atoms. The highest BCUT2D eigenvalue weighted by molar-refractivity contribution is 5.08. The molecule has 1 aliphatic carbocycles. The number of pyridine rings is 1. The van der Waals surface area contributed by atoms with Crippen LogP contribution in [0.5, 0.6) is 0 Å². The van der Waals surface area contributed by atoms with Crippen LogP contribution in [0, 0.1) is 0 Å². The second-order valence-electron chi connectivity index (χ2n) is 5.96. The molecule has 1 saturated carbocycles. The molecule has 0 amide bonds. The van der Waals surface area contributed by atoms with Crippen molar-refractivity contribution in [1.29, 1.82) is 0 Å². The van der Waals surface area contributed by atoms with Crippen molar-refractivity contribution >= 4 is 0 Å². The maximum Gasteiger partial charge on any atom is 0.0312 e. The van der Waals surface area contributed by atoms with Crippen molar-refractivity contribution in [3.8, 4) is 0 Å². The standard InChI is InChI=1S/C16H27N3/c1-13(2)19(3)16-9-5-4-8-15(16)18-12-14-7-6-10-17-11-14/h6-7,10-11,13,15-16,18H,4-5,8-9,12H2,1-3H3. The lowest BCUT2D eigenvalue weighted by molar-refractivity contribution is 0.120. The van der Waals surface area contributed by atoms with Gasteiger partial charge in [-0.25, -0.2) is 0 Å². The minimum Gasteiger partial charge on any atom is -0.308 e. The summed E-state index contributed by atoms with van der Waals surface area (Å²) >= 11 is 0. The summed E-state index contributed by atoms with van der Waals surface area (Å²) in [6.45, 7) is 5.50. The lowest BCUT2D eigenvalue weighted by Crippen LogP contribution is -2.52. The Bertz CT molecular complexity index is 364. The largest absolute Gasteiger partial charge is 0.308 e. The van der Waals surface area contributed by atoms with Gasteiger partial charge in [0, 0.05) is 37.1 Å². The van der Waals surface area contributed by atoms with Crippen molar-refractivity contribution in [1.82, 2.24) is 15.2 Å². The fourth-order valence-electron chi connectivity index (χ4n) is 2.97. The maximum atomic E-state index is 4.18. The van der Waals surface area contributed by atoms with Crippen LogP contribution in [0.3, 0.4) is 0 Å². The predicted octanol–water partition coefficient (Wildman–Crippen LogP) is 2.82. The smallest absolute Gasteiger partial charge is 0.0312 e. The third kappa shape index (κ3) is 4.02. The van der Waals surface area contributed by atoms with E-state index in [-0.39, 0.29) is 0 Å². The van der Waals surface area contributed by atoms with Crippen LogP contribution >= 0.6 is 0 Å². The summed E-state index contributed by atoms with van der Waals surface area (Å²) in [6, 6.07) is 6.05. The number of aromatic nitrogens is 1. The zero-order valence-electron chi connectivity index (χ0n) is 12.5. The van der Waals surface area contributed by atoms with Gasteiger partial charge < -0.3 is 5.32 Å². The zero-order valence-corrected chi connectivity index (χ0v) is 12.5. The van der Waals surface area contributed by atoms with E-state index in [1.165, 1.54) is 31.2 Å². The molecule has 0 spiro atoms. The molecule has 1 heterocycles. The molecule has 2 rings (SSSR count). The molecule has 1 aromatic heterocycles. The van der Waals surface area contributed by atoms with Gasteiger partial charge in [0.05, 0.1) is 0 Å². The number of likely N-dealkylation sites (N-methyl/N-ethyl adjacent to an activating group) is 1. The molecule has 1 aromatic rings. The summed E-state index contributed by atoms with van der Waals surface area (Å²) in [4.78, 5) is 6.71. The third-order valence-corrected chi connectivity index (χ3v) is 4.36. The highest BCUT2D eigenvalue weighted by Crippen LogP contribution is 2.24. The Labute approximate surface area is 117 Å². The number of hydrogen-bond acceptors (Lipinski definition) is 3. The second kappa shape index (κ2) is 7.01. The van der Waals surface area contributed by atoms with E-state index in [9.17, 15) is 0 Å². The lowest BCUT2D eigenvalue weighted by Gasteiger charge is -2.40. The molecule has 3 nitrogen and oxygen atoms in total. The monoisotopic (exact) mass is 261 g/mol. The van der Waals surface area contributed by atoms with E-state index in [4.69, 9.17) is 0 Å². The van der Waals surface area contributed by atoms with Crippen LogP contribution in [-0.4, -0.2) is 35.1 Å². The molecular weight excluding hydrogens is 234 g/mol. The summed E-state index contributed by atoms with van der Waals surface area (Å²) in [5, 5.41) is 3.74. The lowest BCUT2D eigenvalue weighted by atomic mass is 9.88. The van der Waals surface area contributed by atoms with Crippen LogP contribution in [0.2, 0.25) is 0 Å². The van der Waals surface area contributed by atoms with Gasteiger partial charge >= 0.3 is 0 Å². The van der Waals surface area contributed by atoms with Crippen LogP contribution in [0.4, 0.5) is 0 Å². The van der Waals surface area contributed by atoms with Gasteiger partial charge in [-0.15, -0.1) is 0 Å². The predicted molar refractivity (Wildman–Crippen MR) is 80.0 cm³/mol. The van der Waals surface area contributed by atoms with E-state index in [1.54, 1.807) is 0 Å². The highest BCUT2D eigenvalue weighted by atomic mass is 15.2. The van der Waals surface area contributed by atoms with Crippen LogP contribution in [0.1, 0.15) is 45.1 Å². The van der Waals surface area contributed by atoms with Crippen molar-refractivity contribution in [3.63, 3.8) is 0 Å². The fraction of sp³-hybridized carbons (Fsp3) is 0.688. The summed E-state index contributed by atoms with van der Waals surface area (Å²) in [7, 11) is 2.26. The summed E-state index contributed by atoms with van der Waals surface area (Å²) < 4.78 is 0. The second-order valence-corrected chi connectivity index (χ2v) is 5.96. The molecule has 106 valence electrons. The SMILES string of the molecule is CC(C)N(C)C1CCCCC1NCc1cccnc1. The van der Waals surface area contributed by atoms with Gasteiger partial charge in [-0.05, 0) is 45.4 Å². The quantitative estimate of drug-likeness (QED) is 0.883. The maximum absolute atomic E-state index is 4.18. The first-order valence-corrected chi connectivity index (χ1v) is 7.52. The normalized spacial score (nSPS) is 24.1. The molecule has 0 radical (unpaired) electrons. The Morgan fingerprint density at radius 1 is 1.37 bits per heavy atom. The molecule has 1 fully saturated rings. The summed E-state index contributed by atoms with van der Waals surface area (Å²) in [6.07, 6.45) is 9.12. The Balaban J connectivity index is 1.92. The van der Waals surface area contributed by atoms with Crippen molar-refractivity contribution in [3.05, 3.63) is 30.1 Å². The molecule has 1 N–H and O–H groups in total. The number of rotatable bonds is 5. The Hall–Kier alpha value is -0.930. The highest BCUT2D eigenvalue weighted by Gasteiger charge is 2.28. The van der Waals surface area contributed by atoms with E-state index in [2.05, 4.69) is 42.2 Å². The van der Waals surface area contributed by atoms with Crippen LogP contribution in [0.15, 0.2) is 24.5 Å². The summed E-state index contributed by atoms with van der Waals surface area (Å²) in [5.74, 6) is 0. The zero-order chi connectivity index (χ0) is 13.7. The van der Waals surface area contributed by atoms with E-state index >= 15 is 0 Å². The van der Waals surface area contributed by atoms with Gasteiger partial charge in [0.1, 0.15) is 0 Å². The van der Waals surface area contributed by atoms with Crippen molar-refractivity contribution < 1.29 is 0 Å². The molecular formula is C16H27N3. The van der Waals surface area contributed by atoms with Gasteiger partial charge in [0.2, 0.25) is 0 Å². The van der Waals surface area contributed by atoms with E-state index in [1.807, 2.05) is 18.5 Å². The molecule has 0 saturated heterocycles. The molecule has 0 aliphatic heterocycles. The molecule has 0 aromatic carbocycles. The molecule has 1 aliphatic rings. The summed E-state index contributed by atoms with van der Waals surface area (Å²) in [5.41, 5.74) is 1.28. The minimum absolute atomic E-state index is 0.612. The Morgan fingerprint density at radius 2 is 2.16 bits per heavy atom. The molecule has 2 unspecified atom stereocenters. The fourth-order valence-corrected chi connectivity index (χ4v) is 2.97. The number of nitrogens with zero attached hydrogens (tertiary/aromatic N) is 2. The number of hydrogen-bond donors (Lipinski definition) is 1. The van der Waals surface area contributed by atoms with E-state index in [0.29, 0.717) is 18.1 Å². The number of nitrogens with one attached hydrogen (secondary N) is 1. The van der Waals surface area contributed by atoms with Crippen LogP contribution in [-0.2, 0) is 6.54 Å². The molecule has 2 atom stereocenters. The average molecular weight is 261 g/mol. The Kier molecular flexibility index (Phi) is 5.34. The van der Waals surface area contributed by atoms with Gasteiger partial charge in [-0.1, -0.05) is 18.9 Å². The first-order chi connectivity index (χ1) is 9.18. The van der Waals surface area contributed by atoms with Crippen molar-refractivity contribution in [2.24, 2.45) is 0 Å². The molecule has 3 heteroatoms. The Morgan fingerprint density at radius 3 is 2.84 bits per heavy atom. The van der Waals surface area contributed by atoms with Crippen molar-refractivity contribution in [2.45, 2.75) is 64.2 Å². The van der Waals surface area contributed by atoms with Gasteiger partial charge in [-0.3, -0.25) is 9.88 Å². The van der Waals surface area contributed by atoms with Gasteiger partial charge in [0.25, 0.3) is 0 Å². The van der Waals surface area contributed by atoms with E-state index < -0.39 is 0 Å². The third-order valence-electron chi connectivity index (χ3n) is 4.36. The van der Waals surface area contributed by atoms with Gasteiger partial charge in [-0.2, -0.15) is 0 Å².